The van der Waals surface area contributed by atoms with E-state index >= 15 is 0 Å². The zero-order chi connectivity index (χ0) is 20.8. The van der Waals surface area contributed by atoms with E-state index in [2.05, 4.69) is 4.98 Å². The van der Waals surface area contributed by atoms with E-state index in [-0.39, 0.29) is 23.7 Å². The van der Waals surface area contributed by atoms with E-state index < -0.39 is 23.4 Å². The number of hydrogen-bond donors (Lipinski definition) is 1. The molecule has 1 aromatic heterocycles. The molecule has 3 rings (SSSR count). The highest BCUT2D eigenvalue weighted by Gasteiger charge is 2.37. The van der Waals surface area contributed by atoms with Crippen molar-refractivity contribution in [1.82, 2.24) is 9.55 Å². The molecule has 1 aliphatic heterocycles. The van der Waals surface area contributed by atoms with Crippen LogP contribution in [0.1, 0.15) is 36.4 Å². The maximum atomic E-state index is 12.2. The summed E-state index contributed by atoms with van der Waals surface area (Å²) in [7, 11) is 0. The van der Waals surface area contributed by atoms with Crippen molar-refractivity contribution < 1.29 is 19.1 Å². The van der Waals surface area contributed by atoms with Crippen molar-refractivity contribution in [2.75, 3.05) is 12.4 Å². The molecule has 1 aliphatic rings. The van der Waals surface area contributed by atoms with Gasteiger partial charge in [-0.1, -0.05) is 30.0 Å². The molecule has 2 heterocycles. The van der Waals surface area contributed by atoms with Crippen LogP contribution in [0.2, 0.25) is 0 Å². The second-order valence-electron chi connectivity index (χ2n) is 6.74. The molecule has 0 aliphatic carbocycles. The first-order chi connectivity index (χ1) is 13.9. The first-order valence-corrected chi connectivity index (χ1v) is 10.2. The van der Waals surface area contributed by atoms with E-state index in [1.165, 1.54) is 35.5 Å². The standard InChI is InChI=1S/C20H22N2O6S/c1-13(23)29-10-8-16-15(12-27-19(25)14-5-3-2-4-6-14)11-18(28-16)22-9-7-17(24)21-20(22)26/h2-7,9,15-16,18H,8,10-12H2,1H3,(H,21,24,26)/t15-,16-,18-/m1/s1. The molecule has 0 bridgehead atoms. The number of hydrogen-bond acceptors (Lipinski definition) is 7. The van der Waals surface area contributed by atoms with Gasteiger partial charge in [-0.05, 0) is 18.6 Å². The molecule has 0 saturated carbocycles. The van der Waals surface area contributed by atoms with E-state index in [1.807, 2.05) is 6.07 Å². The molecule has 9 heteroatoms. The third-order valence-electron chi connectivity index (χ3n) is 4.67. The van der Waals surface area contributed by atoms with Crippen molar-refractivity contribution in [2.24, 2.45) is 5.92 Å². The highest BCUT2D eigenvalue weighted by atomic mass is 32.2. The molecule has 0 radical (unpaired) electrons. The fourth-order valence-corrected chi connectivity index (χ4v) is 3.89. The zero-order valence-corrected chi connectivity index (χ0v) is 16.7. The molecule has 1 N–H and O–H groups in total. The SMILES string of the molecule is CC(=O)SCC[C@H]1O[C@@H](n2ccc(=O)[nH]c2=O)C[C@@H]1COC(=O)c1ccccc1. The lowest BCUT2D eigenvalue weighted by molar-refractivity contribution is -0.109. The van der Waals surface area contributed by atoms with Gasteiger partial charge in [0, 0.05) is 37.3 Å². The lowest BCUT2D eigenvalue weighted by atomic mass is 10.00. The Kier molecular flexibility index (Phi) is 7.05. The van der Waals surface area contributed by atoms with E-state index in [0.29, 0.717) is 24.2 Å². The van der Waals surface area contributed by atoms with Gasteiger partial charge >= 0.3 is 11.7 Å². The number of carbonyl (C=O) groups excluding carboxylic acids is 2. The summed E-state index contributed by atoms with van der Waals surface area (Å²) in [5.74, 6) is 0.00211. The Morgan fingerprint density at radius 2 is 2.00 bits per heavy atom. The first kappa shape index (κ1) is 21.1. The van der Waals surface area contributed by atoms with Crippen LogP contribution < -0.4 is 11.2 Å². The van der Waals surface area contributed by atoms with E-state index in [0.717, 1.165) is 0 Å². The lowest BCUT2D eigenvalue weighted by Gasteiger charge is -2.18. The van der Waals surface area contributed by atoms with Crippen LogP contribution in [0, 0.1) is 5.92 Å². The molecular weight excluding hydrogens is 396 g/mol. The molecule has 0 unspecified atom stereocenters. The van der Waals surface area contributed by atoms with Gasteiger partial charge in [0.15, 0.2) is 5.12 Å². The monoisotopic (exact) mass is 418 g/mol. The van der Waals surface area contributed by atoms with Gasteiger partial charge in [-0.15, -0.1) is 0 Å². The van der Waals surface area contributed by atoms with Crippen molar-refractivity contribution in [2.45, 2.75) is 32.1 Å². The summed E-state index contributed by atoms with van der Waals surface area (Å²) in [6, 6.07) is 9.95. The van der Waals surface area contributed by atoms with Crippen LogP contribution in [0.3, 0.4) is 0 Å². The van der Waals surface area contributed by atoms with Crippen molar-refractivity contribution in [3.63, 3.8) is 0 Å². The van der Waals surface area contributed by atoms with Crippen LogP contribution in [0.4, 0.5) is 0 Å². The van der Waals surface area contributed by atoms with Crippen LogP contribution in [-0.4, -0.2) is 39.1 Å². The molecule has 1 aromatic carbocycles. The third-order valence-corrected chi connectivity index (χ3v) is 5.52. The predicted octanol–water partition coefficient (Wildman–Crippen LogP) is 1.97. The lowest BCUT2D eigenvalue weighted by Crippen LogP contribution is -2.31. The molecule has 1 fully saturated rings. The minimum absolute atomic E-state index is 0.0171. The van der Waals surface area contributed by atoms with Crippen molar-refractivity contribution in [3.8, 4) is 0 Å². The zero-order valence-electron chi connectivity index (χ0n) is 15.9. The highest BCUT2D eigenvalue weighted by molar-refractivity contribution is 8.13. The Bertz CT molecular complexity index is 971. The number of benzene rings is 1. The number of aromatic nitrogens is 2. The Labute approximate surface area is 171 Å². The molecule has 1 saturated heterocycles. The fourth-order valence-electron chi connectivity index (χ4n) is 3.25. The van der Waals surface area contributed by atoms with Crippen LogP contribution in [-0.2, 0) is 14.3 Å². The number of aromatic amines is 1. The number of H-pyrrole nitrogens is 1. The summed E-state index contributed by atoms with van der Waals surface area (Å²) in [5, 5.41) is 0.0171. The van der Waals surface area contributed by atoms with Crippen LogP contribution >= 0.6 is 11.8 Å². The number of nitrogens with one attached hydrogen (secondary N) is 1. The maximum Gasteiger partial charge on any atom is 0.338 e. The second kappa shape index (κ2) is 9.71. The predicted molar refractivity (Wildman–Crippen MR) is 108 cm³/mol. The smallest absolute Gasteiger partial charge is 0.338 e. The van der Waals surface area contributed by atoms with Gasteiger partial charge in [-0.3, -0.25) is 19.1 Å². The number of carbonyl (C=O) groups is 2. The van der Waals surface area contributed by atoms with Crippen molar-refractivity contribution >= 4 is 22.8 Å². The summed E-state index contributed by atoms with van der Waals surface area (Å²) < 4.78 is 12.8. The first-order valence-electron chi connectivity index (χ1n) is 9.26. The van der Waals surface area contributed by atoms with E-state index in [9.17, 15) is 19.2 Å². The van der Waals surface area contributed by atoms with Crippen molar-refractivity contribution in [1.29, 1.82) is 0 Å². The van der Waals surface area contributed by atoms with Gasteiger partial charge in [0.05, 0.1) is 18.3 Å². The van der Waals surface area contributed by atoms with Gasteiger partial charge in [0.1, 0.15) is 6.23 Å². The normalized spacial score (nSPS) is 21.1. The number of nitrogens with zero attached hydrogens (tertiary/aromatic N) is 1. The summed E-state index contributed by atoms with van der Waals surface area (Å²) in [6.07, 6.45) is 1.56. The van der Waals surface area contributed by atoms with Gasteiger partial charge in [-0.25, -0.2) is 9.59 Å². The third kappa shape index (κ3) is 5.68. The van der Waals surface area contributed by atoms with Crippen LogP contribution in [0.25, 0.3) is 0 Å². The number of rotatable bonds is 7. The molecule has 29 heavy (non-hydrogen) atoms. The topological polar surface area (TPSA) is 107 Å². The van der Waals surface area contributed by atoms with Crippen molar-refractivity contribution in [3.05, 3.63) is 69.0 Å². The molecule has 8 nitrogen and oxygen atoms in total. The van der Waals surface area contributed by atoms with Crippen LogP contribution in [0.5, 0.6) is 0 Å². The molecule has 154 valence electrons. The largest absolute Gasteiger partial charge is 0.462 e. The molecule has 2 aromatic rings. The summed E-state index contributed by atoms with van der Waals surface area (Å²) in [5.41, 5.74) is -0.572. The minimum atomic E-state index is -0.577. The van der Waals surface area contributed by atoms with Gasteiger partial charge in [0.25, 0.3) is 5.56 Å². The minimum Gasteiger partial charge on any atom is -0.462 e. The molecule has 0 spiro atoms. The van der Waals surface area contributed by atoms with E-state index in [4.69, 9.17) is 9.47 Å². The molecule has 3 atom stereocenters. The summed E-state index contributed by atoms with van der Waals surface area (Å²) in [4.78, 5) is 49.1. The Balaban J connectivity index is 1.69. The number of esters is 1. The average Bonchev–Trinajstić information content (AvgIpc) is 3.09. The summed E-state index contributed by atoms with van der Waals surface area (Å²) in [6.45, 7) is 1.64. The highest BCUT2D eigenvalue weighted by Crippen LogP contribution is 2.35. The summed E-state index contributed by atoms with van der Waals surface area (Å²) >= 11 is 1.20. The number of thioether (sulfide) groups is 1. The number of ether oxygens (including phenoxy) is 2. The van der Waals surface area contributed by atoms with Gasteiger partial charge in [0.2, 0.25) is 0 Å². The van der Waals surface area contributed by atoms with E-state index in [1.54, 1.807) is 24.3 Å². The maximum absolute atomic E-state index is 12.2. The Morgan fingerprint density at radius 3 is 2.69 bits per heavy atom. The Hall–Kier alpha value is -2.65. The molecular formula is C20H22N2O6S. The fraction of sp³-hybridized carbons (Fsp3) is 0.400. The Morgan fingerprint density at radius 1 is 1.24 bits per heavy atom. The second-order valence-corrected chi connectivity index (χ2v) is 8.01. The van der Waals surface area contributed by atoms with Gasteiger partial charge in [-0.2, -0.15) is 0 Å². The average molecular weight is 418 g/mol. The van der Waals surface area contributed by atoms with Crippen LogP contribution in [0.15, 0.2) is 52.2 Å². The quantitative estimate of drug-likeness (QED) is 0.685. The molecule has 0 amide bonds. The van der Waals surface area contributed by atoms with Gasteiger partial charge < -0.3 is 9.47 Å².